The van der Waals surface area contributed by atoms with Crippen molar-refractivity contribution in [2.75, 3.05) is 11.9 Å². The third-order valence-electron chi connectivity index (χ3n) is 3.45. The topological polar surface area (TPSA) is 24.4 Å². The van der Waals surface area contributed by atoms with Gasteiger partial charge in [0.1, 0.15) is 0 Å². The van der Waals surface area contributed by atoms with Gasteiger partial charge in [0.05, 0.1) is 11.8 Å². The summed E-state index contributed by atoms with van der Waals surface area (Å²) >= 11 is 1.81. The van der Waals surface area contributed by atoms with Crippen LogP contribution in [0.15, 0.2) is 53.5 Å². The van der Waals surface area contributed by atoms with E-state index in [9.17, 15) is 0 Å². The Hall–Kier alpha value is -1.74. The monoisotopic (exact) mass is 282 g/mol. The molecule has 0 bridgehead atoms. The number of hydrogen-bond acceptors (Lipinski definition) is 3. The first-order valence-corrected chi connectivity index (χ1v) is 7.70. The highest BCUT2D eigenvalue weighted by Gasteiger charge is 2.21. The lowest BCUT2D eigenvalue weighted by atomic mass is 10.1. The number of nitrogens with zero attached hydrogens (tertiary/aromatic N) is 1. The van der Waals surface area contributed by atoms with E-state index in [0.717, 1.165) is 17.4 Å². The average molecular weight is 282 g/mol. The normalized spacial score (nSPS) is 17.9. The van der Waals surface area contributed by atoms with Gasteiger partial charge in [-0.15, -0.1) is 0 Å². The van der Waals surface area contributed by atoms with Gasteiger partial charge in [-0.2, -0.15) is 0 Å². The van der Waals surface area contributed by atoms with Gasteiger partial charge in [-0.1, -0.05) is 59.8 Å². The lowest BCUT2D eigenvalue weighted by Crippen LogP contribution is -2.06. The van der Waals surface area contributed by atoms with Crippen molar-refractivity contribution in [3.8, 4) is 0 Å². The molecule has 2 nitrogen and oxygen atoms in total. The Kier molecular flexibility index (Phi) is 3.79. The van der Waals surface area contributed by atoms with Crippen LogP contribution >= 0.6 is 11.8 Å². The van der Waals surface area contributed by atoms with Gasteiger partial charge in [-0.05, 0) is 31.0 Å². The average Bonchev–Trinajstić information content (AvgIpc) is 2.92. The van der Waals surface area contributed by atoms with Crippen LogP contribution in [-0.4, -0.2) is 11.7 Å². The standard InChI is InChI=1S/C17H18N2S/c1-12-8-9-15(13(2)10-12)19-17-18-11-16(20-17)14-6-4-3-5-7-14/h3-10,16H,11H2,1-2H3,(H,18,19). The molecular formula is C17H18N2S. The smallest absolute Gasteiger partial charge is 0.161 e. The van der Waals surface area contributed by atoms with Crippen LogP contribution in [0.3, 0.4) is 0 Å². The quantitative estimate of drug-likeness (QED) is 0.873. The van der Waals surface area contributed by atoms with Crippen molar-refractivity contribution in [2.45, 2.75) is 19.1 Å². The molecule has 3 rings (SSSR count). The van der Waals surface area contributed by atoms with Crippen LogP contribution in [0.1, 0.15) is 21.9 Å². The first-order valence-electron chi connectivity index (χ1n) is 6.83. The molecule has 102 valence electrons. The number of aryl methyl sites for hydroxylation is 2. The van der Waals surface area contributed by atoms with Gasteiger partial charge in [0.25, 0.3) is 0 Å². The van der Waals surface area contributed by atoms with E-state index in [1.54, 1.807) is 0 Å². The predicted molar refractivity (Wildman–Crippen MR) is 88.6 cm³/mol. The molecule has 1 N–H and O–H groups in total. The number of rotatable bonds is 2. The second kappa shape index (κ2) is 5.71. The molecule has 1 aliphatic heterocycles. The second-order valence-corrected chi connectivity index (χ2v) is 6.30. The molecule has 2 aromatic carbocycles. The molecule has 3 heteroatoms. The zero-order chi connectivity index (χ0) is 13.9. The number of aliphatic imine (C=N–C) groups is 1. The van der Waals surface area contributed by atoms with Gasteiger partial charge in [-0.3, -0.25) is 4.99 Å². The van der Waals surface area contributed by atoms with Crippen LogP contribution in [0.2, 0.25) is 0 Å². The summed E-state index contributed by atoms with van der Waals surface area (Å²) in [4.78, 5) is 4.62. The van der Waals surface area contributed by atoms with Gasteiger partial charge in [0.2, 0.25) is 0 Å². The highest BCUT2D eigenvalue weighted by Crippen LogP contribution is 2.35. The van der Waals surface area contributed by atoms with Crippen LogP contribution in [0.5, 0.6) is 0 Å². The first kappa shape index (κ1) is 13.3. The van der Waals surface area contributed by atoms with Gasteiger partial charge >= 0.3 is 0 Å². The molecule has 0 saturated carbocycles. The van der Waals surface area contributed by atoms with Crippen LogP contribution in [-0.2, 0) is 0 Å². The van der Waals surface area contributed by atoms with Crippen LogP contribution in [0.25, 0.3) is 0 Å². The number of hydrogen-bond donors (Lipinski definition) is 1. The molecular weight excluding hydrogens is 264 g/mol. The van der Waals surface area contributed by atoms with Gasteiger partial charge < -0.3 is 5.32 Å². The summed E-state index contributed by atoms with van der Waals surface area (Å²) in [6.45, 7) is 5.09. The number of thioether (sulfide) groups is 1. The summed E-state index contributed by atoms with van der Waals surface area (Å²) in [6.07, 6.45) is 0. The minimum absolute atomic E-state index is 0.435. The molecule has 0 spiro atoms. The first-order chi connectivity index (χ1) is 9.72. The van der Waals surface area contributed by atoms with Gasteiger partial charge in [-0.25, -0.2) is 0 Å². The maximum Gasteiger partial charge on any atom is 0.161 e. The van der Waals surface area contributed by atoms with Crippen molar-refractivity contribution >= 4 is 22.6 Å². The molecule has 0 amide bonds. The Bertz CT molecular complexity index is 635. The van der Waals surface area contributed by atoms with E-state index in [-0.39, 0.29) is 0 Å². The summed E-state index contributed by atoms with van der Waals surface area (Å²) in [5, 5.41) is 4.90. The molecule has 1 aliphatic rings. The van der Waals surface area contributed by atoms with Crippen LogP contribution in [0.4, 0.5) is 5.69 Å². The molecule has 0 aromatic heterocycles. The van der Waals surface area contributed by atoms with E-state index in [1.165, 1.54) is 16.7 Å². The van der Waals surface area contributed by atoms with Gasteiger partial charge in [0.15, 0.2) is 5.17 Å². The third-order valence-corrected chi connectivity index (χ3v) is 4.61. The molecule has 0 radical (unpaired) electrons. The van der Waals surface area contributed by atoms with Crippen molar-refractivity contribution < 1.29 is 0 Å². The molecule has 0 aliphatic carbocycles. The van der Waals surface area contributed by atoms with Crippen molar-refractivity contribution in [2.24, 2.45) is 4.99 Å². The van der Waals surface area contributed by atoms with E-state index >= 15 is 0 Å². The fourth-order valence-electron chi connectivity index (χ4n) is 2.35. The number of anilines is 1. The lowest BCUT2D eigenvalue weighted by Gasteiger charge is -2.11. The Morgan fingerprint density at radius 1 is 1.10 bits per heavy atom. The Labute approximate surface area is 124 Å². The summed E-state index contributed by atoms with van der Waals surface area (Å²) in [5.41, 5.74) is 5.04. The van der Waals surface area contributed by atoms with Crippen molar-refractivity contribution in [3.05, 3.63) is 65.2 Å². The van der Waals surface area contributed by atoms with E-state index in [4.69, 9.17) is 0 Å². The molecule has 1 heterocycles. The van der Waals surface area contributed by atoms with E-state index < -0.39 is 0 Å². The van der Waals surface area contributed by atoms with Crippen molar-refractivity contribution in [1.82, 2.24) is 0 Å². The summed E-state index contributed by atoms with van der Waals surface area (Å²) in [5.74, 6) is 0. The largest absolute Gasteiger partial charge is 0.335 e. The van der Waals surface area contributed by atoms with Crippen molar-refractivity contribution in [3.63, 3.8) is 0 Å². The highest BCUT2D eigenvalue weighted by atomic mass is 32.2. The zero-order valence-corrected chi connectivity index (χ0v) is 12.6. The van der Waals surface area contributed by atoms with Crippen LogP contribution in [0, 0.1) is 13.8 Å². The molecule has 2 aromatic rings. The fraction of sp³-hybridized carbons (Fsp3) is 0.235. The number of nitrogens with one attached hydrogen (secondary N) is 1. The van der Waals surface area contributed by atoms with Gasteiger partial charge in [0, 0.05) is 5.69 Å². The molecule has 1 atom stereocenters. The third kappa shape index (κ3) is 2.88. The Balaban J connectivity index is 1.69. The number of amidine groups is 1. The van der Waals surface area contributed by atoms with E-state index in [0.29, 0.717) is 5.25 Å². The molecule has 1 unspecified atom stereocenters. The lowest BCUT2D eigenvalue weighted by molar-refractivity contribution is 0.966. The highest BCUT2D eigenvalue weighted by molar-refractivity contribution is 8.14. The maximum atomic E-state index is 4.62. The zero-order valence-electron chi connectivity index (χ0n) is 11.8. The van der Waals surface area contributed by atoms with Crippen molar-refractivity contribution in [1.29, 1.82) is 0 Å². The minimum Gasteiger partial charge on any atom is -0.335 e. The predicted octanol–water partition coefficient (Wildman–Crippen LogP) is 4.56. The second-order valence-electron chi connectivity index (χ2n) is 5.11. The minimum atomic E-state index is 0.435. The van der Waals surface area contributed by atoms with E-state index in [2.05, 4.69) is 72.7 Å². The van der Waals surface area contributed by atoms with E-state index in [1.807, 2.05) is 11.8 Å². The molecule has 0 fully saturated rings. The molecule has 20 heavy (non-hydrogen) atoms. The molecule has 0 saturated heterocycles. The maximum absolute atomic E-state index is 4.62. The summed E-state index contributed by atoms with van der Waals surface area (Å²) in [6, 6.07) is 17.0. The Morgan fingerprint density at radius 3 is 2.65 bits per heavy atom. The Morgan fingerprint density at radius 2 is 1.90 bits per heavy atom. The number of benzene rings is 2. The summed E-state index contributed by atoms with van der Waals surface area (Å²) < 4.78 is 0. The SMILES string of the molecule is Cc1ccc(NC2=NCC(c3ccccc3)S2)c(C)c1. The fourth-order valence-corrected chi connectivity index (χ4v) is 3.38. The summed E-state index contributed by atoms with van der Waals surface area (Å²) in [7, 11) is 0. The van der Waals surface area contributed by atoms with Crippen LogP contribution < -0.4 is 5.32 Å².